The summed E-state index contributed by atoms with van der Waals surface area (Å²) in [4.78, 5) is 23.8. The van der Waals surface area contributed by atoms with Crippen LogP contribution in [0.5, 0.6) is 0 Å². The molecule has 0 bridgehead atoms. The van der Waals surface area contributed by atoms with Gasteiger partial charge in [0.2, 0.25) is 0 Å². The van der Waals surface area contributed by atoms with Gasteiger partial charge >= 0.3 is 12.1 Å². The van der Waals surface area contributed by atoms with Crippen LogP contribution < -0.4 is 0 Å². The Hall–Kier alpha value is -1.75. The highest BCUT2D eigenvalue weighted by Crippen LogP contribution is 2.21. The first-order valence-electron chi connectivity index (χ1n) is 6.12. The van der Waals surface area contributed by atoms with Crippen LogP contribution in [0.15, 0.2) is 24.3 Å². The third-order valence-corrected chi connectivity index (χ3v) is 3.08. The van der Waals surface area contributed by atoms with E-state index >= 15 is 0 Å². The summed E-state index contributed by atoms with van der Waals surface area (Å²) in [6.45, 7) is 4.99. The molecule has 20 heavy (non-hydrogen) atoms. The average Bonchev–Trinajstić information content (AvgIpc) is 2.25. The molecule has 2 N–H and O–H groups in total. The molecule has 0 unspecified atom stereocenters. The SMILES string of the molecule is CC(C)(C)N(C(=O)O)[C@@H](Cc1cccc(Cl)c1)C(=O)O. The second-order valence-electron chi connectivity index (χ2n) is 5.51. The van der Waals surface area contributed by atoms with Crippen molar-refractivity contribution in [2.75, 3.05) is 0 Å². The number of benzene rings is 1. The Bertz CT molecular complexity index is 510. The van der Waals surface area contributed by atoms with E-state index in [-0.39, 0.29) is 6.42 Å². The highest BCUT2D eigenvalue weighted by Gasteiger charge is 2.37. The second kappa shape index (κ2) is 6.13. The molecule has 1 atom stereocenters. The lowest BCUT2D eigenvalue weighted by Crippen LogP contribution is -2.55. The minimum absolute atomic E-state index is 0.0689. The lowest BCUT2D eigenvalue weighted by atomic mass is 9.98. The van der Waals surface area contributed by atoms with Crippen LogP contribution in [0.25, 0.3) is 0 Å². The van der Waals surface area contributed by atoms with Gasteiger partial charge in [0.15, 0.2) is 0 Å². The molecule has 0 heterocycles. The molecule has 0 fully saturated rings. The average molecular weight is 300 g/mol. The molecule has 0 saturated heterocycles. The van der Waals surface area contributed by atoms with Crippen LogP contribution in [-0.2, 0) is 11.2 Å². The zero-order valence-electron chi connectivity index (χ0n) is 11.6. The number of carboxylic acids is 1. The lowest BCUT2D eigenvalue weighted by molar-refractivity contribution is -0.144. The summed E-state index contributed by atoms with van der Waals surface area (Å²) in [7, 11) is 0. The predicted octanol–water partition coefficient (Wildman–Crippen LogP) is 3.11. The smallest absolute Gasteiger partial charge is 0.408 e. The Balaban J connectivity index is 3.11. The molecule has 1 rings (SSSR count). The summed E-state index contributed by atoms with van der Waals surface area (Å²) in [6.07, 6.45) is -1.19. The van der Waals surface area contributed by atoms with Gasteiger partial charge in [-0.2, -0.15) is 0 Å². The zero-order chi connectivity index (χ0) is 15.5. The first-order valence-corrected chi connectivity index (χ1v) is 6.50. The molecule has 0 saturated carbocycles. The molecule has 0 aliphatic rings. The number of rotatable bonds is 4. The maximum Gasteiger partial charge on any atom is 0.408 e. The Labute approximate surface area is 122 Å². The van der Waals surface area contributed by atoms with Crippen molar-refractivity contribution < 1.29 is 19.8 Å². The van der Waals surface area contributed by atoms with Gasteiger partial charge in [0.05, 0.1) is 0 Å². The normalized spacial score (nSPS) is 12.8. The lowest BCUT2D eigenvalue weighted by Gasteiger charge is -2.37. The molecule has 110 valence electrons. The van der Waals surface area contributed by atoms with Crippen LogP contribution in [-0.4, -0.2) is 38.8 Å². The maximum atomic E-state index is 11.4. The van der Waals surface area contributed by atoms with E-state index < -0.39 is 23.6 Å². The topological polar surface area (TPSA) is 77.8 Å². The van der Waals surface area contributed by atoms with E-state index in [9.17, 15) is 19.8 Å². The number of carboxylic acid groups (broad SMARTS) is 2. The summed E-state index contributed by atoms with van der Waals surface area (Å²) in [6, 6.07) is 5.59. The van der Waals surface area contributed by atoms with Crippen molar-refractivity contribution in [1.82, 2.24) is 4.90 Å². The van der Waals surface area contributed by atoms with Crippen molar-refractivity contribution in [2.24, 2.45) is 0 Å². The van der Waals surface area contributed by atoms with Crippen molar-refractivity contribution in [2.45, 2.75) is 38.8 Å². The number of hydrogen-bond acceptors (Lipinski definition) is 2. The first-order chi connectivity index (χ1) is 9.12. The van der Waals surface area contributed by atoms with Crippen LogP contribution in [0, 0.1) is 0 Å². The third kappa shape index (κ3) is 4.13. The minimum Gasteiger partial charge on any atom is -0.480 e. The first kappa shape index (κ1) is 16.3. The fraction of sp³-hybridized carbons (Fsp3) is 0.429. The molecular weight excluding hydrogens is 282 g/mol. The number of nitrogens with zero attached hydrogens (tertiary/aromatic N) is 1. The van der Waals surface area contributed by atoms with E-state index in [1.54, 1.807) is 45.0 Å². The monoisotopic (exact) mass is 299 g/mol. The van der Waals surface area contributed by atoms with Crippen LogP contribution in [0.3, 0.4) is 0 Å². The minimum atomic E-state index is -1.26. The molecule has 1 aromatic rings. The molecule has 1 amide bonds. The highest BCUT2D eigenvalue weighted by atomic mass is 35.5. The molecule has 6 heteroatoms. The van der Waals surface area contributed by atoms with Gasteiger partial charge in [-0.25, -0.2) is 9.59 Å². The Kier molecular flexibility index (Phi) is 5.00. The fourth-order valence-corrected chi connectivity index (χ4v) is 2.28. The number of amides is 1. The number of hydrogen-bond donors (Lipinski definition) is 2. The second-order valence-corrected chi connectivity index (χ2v) is 5.95. The van der Waals surface area contributed by atoms with E-state index in [1.807, 2.05) is 0 Å². The molecule has 0 aliphatic heterocycles. The largest absolute Gasteiger partial charge is 0.480 e. The zero-order valence-corrected chi connectivity index (χ0v) is 12.4. The van der Waals surface area contributed by atoms with Crippen molar-refractivity contribution in [3.63, 3.8) is 0 Å². The molecular formula is C14H18ClNO4. The van der Waals surface area contributed by atoms with Crippen LogP contribution in [0.4, 0.5) is 4.79 Å². The summed E-state index contributed by atoms with van der Waals surface area (Å²) in [5.41, 5.74) is -0.131. The summed E-state index contributed by atoms with van der Waals surface area (Å²) >= 11 is 5.86. The number of carbonyl (C=O) groups is 2. The van der Waals surface area contributed by atoms with Gasteiger partial charge in [0, 0.05) is 17.0 Å². The van der Waals surface area contributed by atoms with Gasteiger partial charge in [-0.1, -0.05) is 23.7 Å². The molecule has 0 aliphatic carbocycles. The number of halogens is 1. The van der Waals surface area contributed by atoms with E-state index in [4.69, 9.17) is 11.6 Å². The van der Waals surface area contributed by atoms with E-state index in [1.165, 1.54) is 0 Å². The van der Waals surface area contributed by atoms with Gasteiger partial charge in [0.1, 0.15) is 6.04 Å². The van der Waals surface area contributed by atoms with Crippen LogP contribution in [0.2, 0.25) is 5.02 Å². The third-order valence-electron chi connectivity index (χ3n) is 2.84. The van der Waals surface area contributed by atoms with Crippen molar-refractivity contribution in [3.8, 4) is 0 Å². The van der Waals surface area contributed by atoms with Crippen LogP contribution >= 0.6 is 11.6 Å². The van der Waals surface area contributed by atoms with Gasteiger partial charge in [-0.3, -0.25) is 4.90 Å². The van der Waals surface area contributed by atoms with Gasteiger partial charge in [-0.05, 0) is 38.5 Å². The highest BCUT2D eigenvalue weighted by molar-refractivity contribution is 6.30. The van der Waals surface area contributed by atoms with Gasteiger partial charge < -0.3 is 10.2 Å². The Morgan fingerprint density at radius 1 is 1.30 bits per heavy atom. The van der Waals surface area contributed by atoms with Crippen molar-refractivity contribution in [3.05, 3.63) is 34.9 Å². The summed E-state index contributed by atoms with van der Waals surface area (Å²) < 4.78 is 0. The van der Waals surface area contributed by atoms with Gasteiger partial charge in [0.25, 0.3) is 0 Å². The van der Waals surface area contributed by atoms with Crippen molar-refractivity contribution >= 4 is 23.7 Å². The molecule has 1 aromatic carbocycles. The van der Waals surface area contributed by atoms with Crippen molar-refractivity contribution in [1.29, 1.82) is 0 Å². The fourth-order valence-electron chi connectivity index (χ4n) is 2.06. The van der Waals surface area contributed by atoms with E-state index in [0.717, 1.165) is 4.90 Å². The Morgan fingerprint density at radius 3 is 2.30 bits per heavy atom. The van der Waals surface area contributed by atoms with Gasteiger partial charge in [-0.15, -0.1) is 0 Å². The summed E-state index contributed by atoms with van der Waals surface area (Å²) in [5, 5.41) is 19.1. The molecule has 5 nitrogen and oxygen atoms in total. The quantitative estimate of drug-likeness (QED) is 0.895. The standard InChI is InChI=1S/C14H18ClNO4/c1-14(2,3)16(13(19)20)11(12(17)18)8-9-5-4-6-10(15)7-9/h4-7,11H,8H2,1-3H3,(H,17,18)(H,19,20)/t11-/m0/s1. The van der Waals surface area contributed by atoms with E-state index in [2.05, 4.69) is 0 Å². The maximum absolute atomic E-state index is 11.4. The molecule has 0 aromatic heterocycles. The molecule has 0 spiro atoms. The Morgan fingerprint density at radius 2 is 1.90 bits per heavy atom. The van der Waals surface area contributed by atoms with Crippen LogP contribution in [0.1, 0.15) is 26.3 Å². The van der Waals surface area contributed by atoms with E-state index in [0.29, 0.717) is 10.6 Å². The summed E-state index contributed by atoms with van der Waals surface area (Å²) in [5.74, 6) is -1.18. The number of aliphatic carboxylic acids is 1. The predicted molar refractivity (Wildman–Crippen MR) is 76.2 cm³/mol. The molecule has 0 radical (unpaired) electrons.